The number of unbranched alkanes of at least 4 members (excludes halogenated alkanes) is 1. The lowest BCUT2D eigenvalue weighted by Gasteiger charge is -2.21. The van der Waals surface area contributed by atoms with Crippen LogP contribution in [0.1, 0.15) is 57.8 Å². The fourth-order valence-corrected chi connectivity index (χ4v) is 3.66. The lowest BCUT2D eigenvalue weighted by Crippen LogP contribution is -2.16. The van der Waals surface area contributed by atoms with Crippen LogP contribution in [0.15, 0.2) is 0 Å². The number of ketones is 1. The second-order valence-electron chi connectivity index (χ2n) is 5.45. The van der Waals surface area contributed by atoms with Crippen LogP contribution in [0.2, 0.25) is 0 Å². The zero-order valence-electron chi connectivity index (χ0n) is 9.95. The van der Waals surface area contributed by atoms with Crippen molar-refractivity contribution < 1.29 is 4.79 Å². The first-order valence-electron chi connectivity index (χ1n) is 6.70. The van der Waals surface area contributed by atoms with Crippen LogP contribution >= 0.6 is 0 Å². The highest BCUT2D eigenvalue weighted by atomic mass is 16.1. The Labute approximate surface area is 98.0 Å². The molecule has 1 unspecified atom stereocenters. The third-order valence-corrected chi connectivity index (χ3v) is 4.48. The third-order valence-electron chi connectivity index (χ3n) is 4.48. The Hall–Kier alpha value is -0.840. The molecule has 2 saturated carbocycles. The fraction of sp³-hybridized carbons (Fsp3) is 0.857. The van der Waals surface area contributed by atoms with Crippen LogP contribution in [0.4, 0.5) is 0 Å². The van der Waals surface area contributed by atoms with Gasteiger partial charge in [-0.15, -0.1) is 0 Å². The average Bonchev–Trinajstić information content (AvgIpc) is 2.54. The molecule has 0 aromatic heterocycles. The molecule has 2 heteroatoms. The van der Waals surface area contributed by atoms with Crippen LogP contribution in [-0.4, -0.2) is 5.78 Å². The van der Waals surface area contributed by atoms with Gasteiger partial charge in [0.1, 0.15) is 5.78 Å². The highest BCUT2D eigenvalue weighted by Gasteiger charge is 2.37. The molecule has 2 nitrogen and oxygen atoms in total. The number of rotatable bonds is 3. The lowest BCUT2D eigenvalue weighted by atomic mass is 9.83. The van der Waals surface area contributed by atoms with Crippen LogP contribution in [0.25, 0.3) is 0 Å². The minimum absolute atomic E-state index is 0.486. The zero-order chi connectivity index (χ0) is 11.4. The quantitative estimate of drug-likeness (QED) is 0.682. The number of fused-ring (bicyclic) bond motifs is 1. The van der Waals surface area contributed by atoms with Gasteiger partial charge >= 0.3 is 0 Å². The summed E-state index contributed by atoms with van der Waals surface area (Å²) in [7, 11) is 0. The number of carbonyl (C=O) groups is 1. The van der Waals surface area contributed by atoms with Gasteiger partial charge < -0.3 is 0 Å². The molecule has 0 aliphatic heterocycles. The Bertz CT molecular complexity index is 292. The molecule has 0 spiro atoms. The molecule has 2 rings (SSSR count). The molecule has 2 aliphatic rings. The smallest absolute Gasteiger partial charge is 0.133 e. The highest BCUT2D eigenvalue weighted by Crippen LogP contribution is 2.45. The fourth-order valence-electron chi connectivity index (χ4n) is 3.66. The standard InChI is InChI=1S/C14H21NO/c15-9-2-1-4-11-7-8-12-5-3-6-13(16)10-14(11)12/h11-12,14H,1-8,10H2/t11-,12?,14-/m0/s1. The summed E-state index contributed by atoms with van der Waals surface area (Å²) < 4.78 is 0. The average molecular weight is 219 g/mol. The summed E-state index contributed by atoms with van der Waals surface area (Å²) in [6.07, 6.45) is 9.54. The Balaban J connectivity index is 1.90. The Kier molecular flexibility index (Phi) is 3.98. The topological polar surface area (TPSA) is 40.9 Å². The van der Waals surface area contributed by atoms with Crippen LogP contribution in [-0.2, 0) is 4.79 Å². The van der Waals surface area contributed by atoms with Gasteiger partial charge in [0.05, 0.1) is 6.07 Å². The molecule has 3 atom stereocenters. The van der Waals surface area contributed by atoms with Crippen molar-refractivity contribution in [2.45, 2.75) is 57.8 Å². The molecule has 0 aromatic rings. The van der Waals surface area contributed by atoms with E-state index in [1.807, 2.05) is 0 Å². The maximum atomic E-state index is 11.6. The van der Waals surface area contributed by atoms with Gasteiger partial charge in [0.15, 0.2) is 0 Å². The van der Waals surface area contributed by atoms with Gasteiger partial charge in [0, 0.05) is 19.3 Å². The van der Waals surface area contributed by atoms with Crippen molar-refractivity contribution in [3.05, 3.63) is 0 Å². The Morgan fingerprint density at radius 1 is 1.31 bits per heavy atom. The second kappa shape index (κ2) is 5.48. The molecule has 16 heavy (non-hydrogen) atoms. The van der Waals surface area contributed by atoms with E-state index in [-0.39, 0.29) is 0 Å². The van der Waals surface area contributed by atoms with E-state index in [4.69, 9.17) is 5.26 Å². The summed E-state index contributed by atoms with van der Waals surface area (Å²) in [5.41, 5.74) is 0. The van der Waals surface area contributed by atoms with Gasteiger partial charge in [0.2, 0.25) is 0 Å². The number of hydrogen-bond acceptors (Lipinski definition) is 2. The lowest BCUT2D eigenvalue weighted by molar-refractivity contribution is -0.120. The largest absolute Gasteiger partial charge is 0.300 e. The molecular weight excluding hydrogens is 198 g/mol. The summed E-state index contributed by atoms with van der Waals surface area (Å²) in [5.74, 6) is 2.70. The van der Waals surface area contributed by atoms with Crippen molar-refractivity contribution in [3.8, 4) is 6.07 Å². The first-order chi connectivity index (χ1) is 7.81. The predicted molar refractivity (Wildman–Crippen MR) is 62.6 cm³/mol. The first kappa shape index (κ1) is 11.6. The minimum Gasteiger partial charge on any atom is -0.300 e. The number of carbonyl (C=O) groups excluding carboxylic acids is 1. The molecule has 0 heterocycles. The predicted octanol–water partition coefficient (Wildman–Crippen LogP) is 3.47. The minimum atomic E-state index is 0.486. The van der Waals surface area contributed by atoms with Gasteiger partial charge in [-0.2, -0.15) is 5.26 Å². The van der Waals surface area contributed by atoms with E-state index in [0.717, 1.165) is 37.5 Å². The molecule has 88 valence electrons. The van der Waals surface area contributed by atoms with Crippen LogP contribution < -0.4 is 0 Å². The van der Waals surface area contributed by atoms with Gasteiger partial charge in [-0.25, -0.2) is 0 Å². The van der Waals surface area contributed by atoms with Crippen molar-refractivity contribution >= 4 is 5.78 Å². The number of nitrogens with zero attached hydrogens (tertiary/aromatic N) is 1. The molecule has 0 bridgehead atoms. The molecule has 0 aromatic carbocycles. The molecule has 0 amide bonds. The molecule has 2 fully saturated rings. The molecule has 0 N–H and O–H groups in total. The maximum absolute atomic E-state index is 11.6. The van der Waals surface area contributed by atoms with Crippen molar-refractivity contribution in [3.63, 3.8) is 0 Å². The van der Waals surface area contributed by atoms with Crippen LogP contribution in [0.3, 0.4) is 0 Å². The van der Waals surface area contributed by atoms with E-state index in [9.17, 15) is 4.79 Å². The molecular formula is C14H21NO. The summed E-state index contributed by atoms with van der Waals surface area (Å²) >= 11 is 0. The van der Waals surface area contributed by atoms with Crippen molar-refractivity contribution in [2.24, 2.45) is 17.8 Å². The molecule has 2 aliphatic carbocycles. The van der Waals surface area contributed by atoms with E-state index >= 15 is 0 Å². The van der Waals surface area contributed by atoms with E-state index in [1.165, 1.54) is 25.7 Å². The third kappa shape index (κ3) is 2.64. The van der Waals surface area contributed by atoms with E-state index in [2.05, 4.69) is 6.07 Å². The van der Waals surface area contributed by atoms with Crippen LogP contribution in [0.5, 0.6) is 0 Å². The summed E-state index contributed by atoms with van der Waals surface area (Å²) in [5, 5.41) is 8.56. The van der Waals surface area contributed by atoms with Gasteiger partial charge in [-0.05, 0) is 56.3 Å². The van der Waals surface area contributed by atoms with E-state index in [1.54, 1.807) is 0 Å². The second-order valence-corrected chi connectivity index (χ2v) is 5.45. The Morgan fingerprint density at radius 3 is 3.00 bits per heavy atom. The zero-order valence-corrected chi connectivity index (χ0v) is 9.95. The number of nitriles is 1. The highest BCUT2D eigenvalue weighted by molar-refractivity contribution is 5.78. The molecule has 0 saturated heterocycles. The normalized spacial score (nSPS) is 34.2. The van der Waals surface area contributed by atoms with Crippen molar-refractivity contribution in [2.75, 3.05) is 0 Å². The van der Waals surface area contributed by atoms with Crippen LogP contribution in [0, 0.1) is 29.1 Å². The summed E-state index contributed by atoms with van der Waals surface area (Å²) in [6, 6.07) is 2.22. The number of hydrogen-bond donors (Lipinski definition) is 0. The monoisotopic (exact) mass is 219 g/mol. The number of Topliss-reactive ketones (excluding diaryl/α,β-unsaturated/α-hetero) is 1. The van der Waals surface area contributed by atoms with E-state index in [0.29, 0.717) is 18.1 Å². The van der Waals surface area contributed by atoms with Gasteiger partial charge in [0.25, 0.3) is 0 Å². The van der Waals surface area contributed by atoms with Gasteiger partial charge in [-0.1, -0.05) is 0 Å². The van der Waals surface area contributed by atoms with Crippen molar-refractivity contribution in [1.29, 1.82) is 5.26 Å². The Morgan fingerprint density at radius 2 is 2.19 bits per heavy atom. The maximum Gasteiger partial charge on any atom is 0.133 e. The first-order valence-corrected chi connectivity index (χ1v) is 6.70. The van der Waals surface area contributed by atoms with Gasteiger partial charge in [-0.3, -0.25) is 4.79 Å². The summed E-state index contributed by atoms with van der Waals surface area (Å²) in [4.78, 5) is 11.6. The van der Waals surface area contributed by atoms with Crippen molar-refractivity contribution in [1.82, 2.24) is 0 Å². The molecule has 0 radical (unpaired) electrons. The van der Waals surface area contributed by atoms with E-state index < -0.39 is 0 Å². The summed E-state index contributed by atoms with van der Waals surface area (Å²) in [6.45, 7) is 0. The SMILES string of the molecule is N#CCCC[C@H]1CCC2CCCC(=O)C[C@H]21.